The van der Waals surface area contributed by atoms with Gasteiger partial charge in [0.25, 0.3) is 0 Å². The Balaban J connectivity index is 3.04. The lowest BCUT2D eigenvalue weighted by atomic mass is 10.1. The maximum absolute atomic E-state index is 11.1. The van der Waals surface area contributed by atoms with E-state index >= 15 is 0 Å². The SMILES string of the molecule is COCOc1cc(O)c(/C=C/C(=O)OC)cc1OCOC. The van der Waals surface area contributed by atoms with Crippen LogP contribution in [0.4, 0.5) is 0 Å². The minimum Gasteiger partial charge on any atom is -0.507 e. The number of hydrogen-bond acceptors (Lipinski definition) is 7. The van der Waals surface area contributed by atoms with Gasteiger partial charge in [0, 0.05) is 31.9 Å². The predicted molar refractivity (Wildman–Crippen MR) is 74.2 cm³/mol. The molecule has 21 heavy (non-hydrogen) atoms. The Bertz CT molecular complexity index is 496. The molecule has 0 aliphatic rings. The van der Waals surface area contributed by atoms with Crippen LogP contribution in [0.1, 0.15) is 5.56 Å². The first-order valence-electron chi connectivity index (χ1n) is 5.98. The van der Waals surface area contributed by atoms with E-state index in [-0.39, 0.29) is 19.3 Å². The van der Waals surface area contributed by atoms with E-state index in [1.165, 1.54) is 45.6 Å². The van der Waals surface area contributed by atoms with Crippen LogP contribution in [-0.4, -0.2) is 46.0 Å². The Hall–Kier alpha value is -2.25. The van der Waals surface area contributed by atoms with E-state index < -0.39 is 5.97 Å². The third kappa shape index (κ3) is 5.33. The average molecular weight is 298 g/mol. The second-order valence-corrected chi connectivity index (χ2v) is 3.82. The number of esters is 1. The van der Waals surface area contributed by atoms with Gasteiger partial charge in [-0.2, -0.15) is 0 Å². The number of benzene rings is 1. The molecule has 0 saturated heterocycles. The molecule has 0 aliphatic carbocycles. The van der Waals surface area contributed by atoms with Crippen molar-refractivity contribution in [3.05, 3.63) is 23.8 Å². The first kappa shape index (κ1) is 16.8. The summed E-state index contributed by atoms with van der Waals surface area (Å²) in [6.07, 6.45) is 2.59. The normalized spacial score (nSPS) is 10.6. The number of aromatic hydroxyl groups is 1. The van der Waals surface area contributed by atoms with Gasteiger partial charge in [0.1, 0.15) is 5.75 Å². The number of phenolic OH excluding ortho intramolecular Hbond substituents is 1. The molecule has 0 aliphatic heterocycles. The molecule has 0 atom stereocenters. The topological polar surface area (TPSA) is 83.5 Å². The molecule has 7 heteroatoms. The van der Waals surface area contributed by atoms with Gasteiger partial charge in [-0.05, 0) is 12.1 Å². The number of phenols is 1. The monoisotopic (exact) mass is 298 g/mol. The zero-order chi connectivity index (χ0) is 15.7. The minimum absolute atomic E-state index is 0.000128. The van der Waals surface area contributed by atoms with Crippen molar-refractivity contribution in [2.24, 2.45) is 0 Å². The summed E-state index contributed by atoms with van der Waals surface area (Å²) < 4.78 is 24.7. The molecule has 0 spiro atoms. The third-order valence-electron chi connectivity index (χ3n) is 2.36. The molecular formula is C14H18O7. The molecule has 1 rings (SSSR count). The second-order valence-electron chi connectivity index (χ2n) is 3.82. The van der Waals surface area contributed by atoms with E-state index in [1.807, 2.05) is 0 Å². The molecule has 1 N–H and O–H groups in total. The van der Waals surface area contributed by atoms with E-state index in [0.717, 1.165) is 0 Å². The largest absolute Gasteiger partial charge is 0.507 e. The van der Waals surface area contributed by atoms with Crippen LogP contribution in [0.3, 0.4) is 0 Å². The maximum Gasteiger partial charge on any atom is 0.330 e. The van der Waals surface area contributed by atoms with Gasteiger partial charge in [-0.3, -0.25) is 0 Å². The van der Waals surface area contributed by atoms with Gasteiger partial charge in [-0.15, -0.1) is 0 Å². The number of carbonyl (C=O) groups excluding carboxylic acids is 1. The van der Waals surface area contributed by atoms with E-state index in [1.54, 1.807) is 0 Å². The van der Waals surface area contributed by atoms with E-state index in [4.69, 9.17) is 18.9 Å². The Morgan fingerprint density at radius 3 is 2.19 bits per heavy atom. The van der Waals surface area contributed by atoms with Gasteiger partial charge in [-0.1, -0.05) is 0 Å². The van der Waals surface area contributed by atoms with Crippen LogP contribution in [0, 0.1) is 0 Å². The first-order chi connectivity index (χ1) is 10.1. The summed E-state index contributed by atoms with van der Waals surface area (Å²) in [5.41, 5.74) is 0.372. The molecule has 1 aromatic rings. The van der Waals surface area contributed by atoms with E-state index in [2.05, 4.69) is 4.74 Å². The summed E-state index contributed by atoms with van der Waals surface area (Å²) in [6.45, 7) is 0.00834. The lowest BCUT2D eigenvalue weighted by molar-refractivity contribution is -0.134. The van der Waals surface area contributed by atoms with Crippen LogP contribution in [0.5, 0.6) is 17.2 Å². The molecule has 0 saturated carbocycles. The zero-order valence-corrected chi connectivity index (χ0v) is 12.1. The molecule has 0 fully saturated rings. The van der Waals surface area contributed by atoms with Crippen molar-refractivity contribution in [1.82, 2.24) is 0 Å². The Morgan fingerprint density at radius 2 is 1.67 bits per heavy atom. The quantitative estimate of drug-likeness (QED) is 0.443. The highest BCUT2D eigenvalue weighted by molar-refractivity contribution is 5.87. The molecule has 116 valence electrons. The minimum atomic E-state index is -0.534. The molecule has 0 heterocycles. The fourth-order valence-corrected chi connectivity index (χ4v) is 1.39. The molecule has 1 aromatic carbocycles. The van der Waals surface area contributed by atoms with Gasteiger partial charge < -0.3 is 28.8 Å². The van der Waals surface area contributed by atoms with Gasteiger partial charge in [-0.25, -0.2) is 4.79 Å². The second kappa shape index (κ2) is 8.83. The van der Waals surface area contributed by atoms with Crippen LogP contribution in [0.15, 0.2) is 18.2 Å². The van der Waals surface area contributed by atoms with Crippen molar-refractivity contribution in [2.45, 2.75) is 0 Å². The van der Waals surface area contributed by atoms with Crippen molar-refractivity contribution >= 4 is 12.0 Å². The Kier molecular flexibility index (Phi) is 7.06. The smallest absolute Gasteiger partial charge is 0.330 e. The molecule has 7 nitrogen and oxygen atoms in total. The lowest BCUT2D eigenvalue weighted by Gasteiger charge is -2.13. The van der Waals surface area contributed by atoms with Gasteiger partial charge in [0.15, 0.2) is 25.1 Å². The van der Waals surface area contributed by atoms with Crippen molar-refractivity contribution in [3.8, 4) is 17.2 Å². The van der Waals surface area contributed by atoms with Crippen LogP contribution in [-0.2, 0) is 19.0 Å². The third-order valence-corrected chi connectivity index (χ3v) is 2.36. The number of hydrogen-bond donors (Lipinski definition) is 1. The molecule has 0 amide bonds. The number of rotatable bonds is 8. The van der Waals surface area contributed by atoms with Crippen molar-refractivity contribution in [3.63, 3.8) is 0 Å². The average Bonchev–Trinajstić information content (AvgIpc) is 2.50. The van der Waals surface area contributed by atoms with Crippen molar-refractivity contribution in [2.75, 3.05) is 34.9 Å². The number of carbonyl (C=O) groups is 1. The zero-order valence-electron chi connectivity index (χ0n) is 12.1. The highest BCUT2D eigenvalue weighted by Crippen LogP contribution is 2.35. The van der Waals surface area contributed by atoms with Crippen LogP contribution >= 0.6 is 0 Å². The van der Waals surface area contributed by atoms with Crippen LogP contribution in [0.2, 0.25) is 0 Å². The van der Waals surface area contributed by atoms with Gasteiger partial charge >= 0.3 is 5.97 Å². The summed E-state index contributed by atoms with van der Waals surface area (Å²) >= 11 is 0. The van der Waals surface area contributed by atoms with Crippen molar-refractivity contribution < 1.29 is 33.6 Å². The summed E-state index contributed by atoms with van der Waals surface area (Å²) in [5, 5.41) is 9.92. The van der Waals surface area contributed by atoms with E-state index in [9.17, 15) is 9.90 Å². The lowest BCUT2D eigenvalue weighted by Crippen LogP contribution is -2.04. The number of ether oxygens (including phenoxy) is 5. The summed E-state index contributed by atoms with van der Waals surface area (Å²) in [4.78, 5) is 11.1. The van der Waals surface area contributed by atoms with Crippen molar-refractivity contribution in [1.29, 1.82) is 0 Å². The van der Waals surface area contributed by atoms with Gasteiger partial charge in [0.05, 0.1) is 7.11 Å². The molecule has 0 aromatic heterocycles. The first-order valence-corrected chi connectivity index (χ1v) is 5.98. The predicted octanol–water partition coefficient (Wildman–Crippen LogP) is 1.54. The number of methoxy groups -OCH3 is 3. The molecule has 0 unspecified atom stereocenters. The molecular weight excluding hydrogens is 280 g/mol. The maximum atomic E-state index is 11.1. The standard InChI is InChI=1S/C14H18O7/c1-17-8-20-12-6-10(4-5-14(16)19-3)11(15)7-13(12)21-9-18-2/h4-7,15H,8-9H2,1-3H3/b5-4+. The summed E-state index contributed by atoms with van der Waals surface area (Å²) in [6, 6.07) is 2.87. The van der Waals surface area contributed by atoms with E-state index in [0.29, 0.717) is 17.1 Å². The van der Waals surface area contributed by atoms with Gasteiger partial charge in [0.2, 0.25) is 0 Å². The summed E-state index contributed by atoms with van der Waals surface area (Å²) in [7, 11) is 4.22. The highest BCUT2D eigenvalue weighted by atomic mass is 16.7. The fourth-order valence-electron chi connectivity index (χ4n) is 1.39. The highest BCUT2D eigenvalue weighted by Gasteiger charge is 2.11. The molecule has 0 radical (unpaired) electrons. The van der Waals surface area contributed by atoms with Crippen LogP contribution in [0.25, 0.3) is 6.08 Å². The Morgan fingerprint density at radius 1 is 1.10 bits per heavy atom. The molecule has 0 bridgehead atoms. The summed E-state index contributed by atoms with van der Waals surface area (Å²) in [5.74, 6) is 0.0253. The van der Waals surface area contributed by atoms with Crippen LogP contribution < -0.4 is 9.47 Å². The fraction of sp³-hybridized carbons (Fsp3) is 0.357. The Labute approximate surface area is 122 Å².